The van der Waals surface area contributed by atoms with Crippen LogP contribution in [-0.2, 0) is 9.13 Å². The first-order valence-corrected chi connectivity index (χ1v) is 2.83. The van der Waals surface area contributed by atoms with Crippen molar-refractivity contribution >= 4 is 7.83 Å². The number of hydrogen-bond donors (Lipinski definition) is 0. The molecule has 0 aromatic carbocycles. The van der Waals surface area contributed by atoms with Crippen molar-refractivity contribution in [2.75, 3.05) is 13.1 Å². The summed E-state index contributed by atoms with van der Waals surface area (Å²) in [5, 5.41) is 0. The van der Waals surface area contributed by atoms with Gasteiger partial charge in [0.05, 0.1) is 0 Å². The fourth-order valence-electron chi connectivity index (χ4n) is 0.208. The lowest BCUT2D eigenvalue weighted by atomic mass is 11.0. The highest BCUT2D eigenvalue weighted by atomic mass is 31.1. The second kappa shape index (κ2) is 1.17. The second-order valence-corrected chi connectivity index (χ2v) is 2.23. The summed E-state index contributed by atoms with van der Waals surface area (Å²) in [5.74, 6) is 0. The Kier molecular flexibility index (Phi) is 0.787. The standard InChI is InChI=1S/C2H4NO2P/c4-6(5)3-1-2-3/h1-2H2. The van der Waals surface area contributed by atoms with Crippen LogP contribution < -0.4 is 0 Å². The van der Waals surface area contributed by atoms with Crippen LogP contribution in [0.25, 0.3) is 0 Å². The largest absolute Gasteiger partial charge is 0.398 e. The summed E-state index contributed by atoms with van der Waals surface area (Å²) in [6, 6.07) is 0. The van der Waals surface area contributed by atoms with Crippen LogP contribution in [0.1, 0.15) is 0 Å². The maximum absolute atomic E-state index is 9.72. The van der Waals surface area contributed by atoms with E-state index in [0.717, 1.165) is 13.1 Å². The molecule has 1 saturated heterocycles. The van der Waals surface area contributed by atoms with E-state index >= 15 is 0 Å². The third kappa shape index (κ3) is 0.671. The van der Waals surface area contributed by atoms with Crippen molar-refractivity contribution in [3.05, 3.63) is 0 Å². The fraction of sp³-hybridized carbons (Fsp3) is 1.00. The van der Waals surface area contributed by atoms with Gasteiger partial charge < -0.3 is 0 Å². The molecule has 0 unspecified atom stereocenters. The Morgan fingerprint density at radius 1 is 1.33 bits per heavy atom. The van der Waals surface area contributed by atoms with Gasteiger partial charge in [0.1, 0.15) is 0 Å². The Bertz CT molecular complexity index is 107. The molecule has 0 N–H and O–H groups in total. The van der Waals surface area contributed by atoms with Gasteiger partial charge in [-0.15, -0.1) is 0 Å². The second-order valence-electron chi connectivity index (χ2n) is 1.19. The number of rotatable bonds is 1. The summed E-state index contributed by atoms with van der Waals surface area (Å²) in [4.78, 5) is 0. The van der Waals surface area contributed by atoms with Crippen LogP contribution in [0.5, 0.6) is 0 Å². The number of nitrogens with zero attached hydrogens (tertiary/aromatic N) is 1. The van der Waals surface area contributed by atoms with Crippen molar-refractivity contribution in [1.29, 1.82) is 0 Å². The zero-order chi connectivity index (χ0) is 4.57. The van der Waals surface area contributed by atoms with Crippen LogP contribution >= 0.6 is 7.83 Å². The van der Waals surface area contributed by atoms with Gasteiger partial charge in [-0.1, -0.05) is 0 Å². The van der Waals surface area contributed by atoms with E-state index in [2.05, 4.69) is 0 Å². The van der Waals surface area contributed by atoms with Crippen molar-refractivity contribution < 1.29 is 9.13 Å². The molecule has 6 heavy (non-hydrogen) atoms. The van der Waals surface area contributed by atoms with Gasteiger partial charge in [-0.05, 0) is 0 Å². The average molecular weight is 105 g/mol. The first-order chi connectivity index (χ1) is 2.80. The lowest BCUT2D eigenvalue weighted by Gasteiger charge is -1.66. The molecule has 1 fully saturated rings. The van der Waals surface area contributed by atoms with Crippen LogP contribution in [0.15, 0.2) is 0 Å². The van der Waals surface area contributed by atoms with Gasteiger partial charge in [0.25, 0.3) is 0 Å². The van der Waals surface area contributed by atoms with Crippen LogP contribution in [0.3, 0.4) is 0 Å². The summed E-state index contributed by atoms with van der Waals surface area (Å²) >= 11 is 0. The van der Waals surface area contributed by atoms with E-state index in [-0.39, 0.29) is 0 Å². The average Bonchev–Trinajstić information content (AvgIpc) is 2.06. The molecule has 0 atom stereocenters. The van der Waals surface area contributed by atoms with Gasteiger partial charge >= 0.3 is 7.83 Å². The minimum Gasteiger partial charge on any atom is -0.218 e. The Balaban J connectivity index is 2.52. The first-order valence-electron chi connectivity index (χ1n) is 1.70. The van der Waals surface area contributed by atoms with Gasteiger partial charge in [-0.25, -0.2) is 9.13 Å². The predicted octanol–water partition coefficient (Wildman–Crippen LogP) is 0.390. The molecule has 0 aromatic heterocycles. The summed E-state index contributed by atoms with van der Waals surface area (Å²) in [7, 11) is -2.22. The molecular formula is C2H4NO2P. The molecule has 0 aliphatic carbocycles. The van der Waals surface area contributed by atoms with Crippen LogP contribution in [0, 0.1) is 0 Å². The van der Waals surface area contributed by atoms with E-state index in [9.17, 15) is 9.13 Å². The molecule has 3 nitrogen and oxygen atoms in total. The van der Waals surface area contributed by atoms with Crippen molar-refractivity contribution in [2.45, 2.75) is 0 Å². The van der Waals surface area contributed by atoms with Gasteiger partial charge in [0, 0.05) is 13.1 Å². The minimum atomic E-state index is -2.22. The van der Waals surface area contributed by atoms with Crippen LogP contribution in [0.2, 0.25) is 0 Å². The maximum atomic E-state index is 9.72. The molecule has 0 spiro atoms. The third-order valence-corrected chi connectivity index (χ3v) is 1.52. The van der Waals surface area contributed by atoms with Crippen molar-refractivity contribution in [2.24, 2.45) is 0 Å². The Labute approximate surface area is 35.8 Å². The summed E-state index contributed by atoms with van der Waals surface area (Å²) in [6.07, 6.45) is 0. The van der Waals surface area contributed by atoms with E-state index in [1.165, 1.54) is 4.67 Å². The molecule has 0 aromatic rings. The number of hydrogen-bond acceptors (Lipinski definition) is 2. The van der Waals surface area contributed by atoms with Crippen LogP contribution in [-0.4, -0.2) is 17.8 Å². The van der Waals surface area contributed by atoms with Crippen molar-refractivity contribution in [3.63, 3.8) is 0 Å². The molecule has 4 heteroatoms. The molecule has 0 bridgehead atoms. The molecule has 0 saturated carbocycles. The van der Waals surface area contributed by atoms with E-state index in [1.54, 1.807) is 0 Å². The SMILES string of the molecule is O=P(=O)N1CC1. The predicted molar refractivity (Wildman–Crippen MR) is 19.9 cm³/mol. The van der Waals surface area contributed by atoms with Gasteiger partial charge in [-0.2, -0.15) is 4.67 Å². The lowest BCUT2D eigenvalue weighted by molar-refractivity contribution is 0.491. The van der Waals surface area contributed by atoms with E-state index in [4.69, 9.17) is 0 Å². The van der Waals surface area contributed by atoms with Gasteiger partial charge in [-0.3, -0.25) is 0 Å². The topological polar surface area (TPSA) is 37.1 Å². The molecule has 1 aliphatic rings. The molecular weight excluding hydrogens is 101 g/mol. The molecule has 34 valence electrons. The molecule has 1 aliphatic heterocycles. The Morgan fingerprint density at radius 2 is 1.83 bits per heavy atom. The van der Waals surface area contributed by atoms with E-state index in [1.807, 2.05) is 0 Å². The monoisotopic (exact) mass is 105 g/mol. The molecule has 1 rings (SSSR count). The quantitative estimate of drug-likeness (QED) is 0.357. The van der Waals surface area contributed by atoms with Gasteiger partial charge in [0.2, 0.25) is 0 Å². The maximum Gasteiger partial charge on any atom is 0.398 e. The Morgan fingerprint density at radius 3 is 1.83 bits per heavy atom. The highest BCUT2D eigenvalue weighted by molar-refractivity contribution is 7.28. The molecule has 0 amide bonds. The Hall–Kier alpha value is -0.140. The smallest absolute Gasteiger partial charge is 0.218 e. The highest BCUT2D eigenvalue weighted by Crippen LogP contribution is 2.20. The molecule has 0 radical (unpaired) electrons. The summed E-state index contributed by atoms with van der Waals surface area (Å²) in [5.41, 5.74) is 0. The highest BCUT2D eigenvalue weighted by Gasteiger charge is 2.21. The summed E-state index contributed by atoms with van der Waals surface area (Å²) in [6.45, 7) is 1.47. The fourth-order valence-corrected chi connectivity index (χ4v) is 0.624. The molecule has 1 heterocycles. The third-order valence-electron chi connectivity index (χ3n) is 0.655. The van der Waals surface area contributed by atoms with Crippen molar-refractivity contribution in [3.8, 4) is 0 Å². The first kappa shape index (κ1) is 4.03. The van der Waals surface area contributed by atoms with Crippen molar-refractivity contribution in [1.82, 2.24) is 4.67 Å². The normalized spacial score (nSPS) is 20.7. The van der Waals surface area contributed by atoms with E-state index in [0.29, 0.717) is 0 Å². The van der Waals surface area contributed by atoms with Crippen LogP contribution in [0.4, 0.5) is 0 Å². The zero-order valence-electron chi connectivity index (χ0n) is 3.13. The lowest BCUT2D eigenvalue weighted by Crippen LogP contribution is -1.66. The zero-order valence-corrected chi connectivity index (χ0v) is 4.02. The van der Waals surface area contributed by atoms with Gasteiger partial charge in [0.15, 0.2) is 0 Å². The summed E-state index contributed by atoms with van der Waals surface area (Å²) < 4.78 is 20.8. The van der Waals surface area contributed by atoms with E-state index < -0.39 is 7.83 Å². The minimum absolute atomic E-state index is 0.735.